The Balaban J connectivity index is 0.955. The normalized spacial score (nSPS) is 15.4. The highest BCUT2D eigenvalue weighted by atomic mass is 16.5. The Hall–Kier alpha value is -8.21. The van der Waals surface area contributed by atoms with Crippen LogP contribution >= 0.6 is 0 Å². The van der Waals surface area contributed by atoms with Gasteiger partial charge in [-0.1, -0.05) is 200 Å². The lowest BCUT2D eigenvalue weighted by molar-refractivity contribution is 0.438. The van der Waals surface area contributed by atoms with Crippen LogP contribution < -0.4 is 10.1 Å². The summed E-state index contributed by atoms with van der Waals surface area (Å²) in [5.74, 6) is 2.52. The molecule has 4 nitrogen and oxygen atoms in total. The molecule has 0 fully saturated rings. The summed E-state index contributed by atoms with van der Waals surface area (Å²) in [5, 5.41) is 6.10. The maximum absolute atomic E-state index is 7.12. The number of nitrogens with zero attached hydrogens (tertiary/aromatic N) is 1. The summed E-state index contributed by atoms with van der Waals surface area (Å²) >= 11 is 0. The van der Waals surface area contributed by atoms with Crippen molar-refractivity contribution in [3.05, 3.63) is 257 Å². The molecule has 1 atom stereocenters. The van der Waals surface area contributed by atoms with E-state index in [2.05, 4.69) is 212 Å². The zero-order chi connectivity index (χ0) is 41.5. The lowest BCUT2D eigenvalue weighted by Gasteiger charge is -2.40. The Kier molecular flexibility index (Phi) is 7.85. The lowest BCUT2D eigenvalue weighted by Crippen LogP contribution is -2.32. The molecule has 1 spiro atoms. The van der Waals surface area contributed by atoms with Crippen molar-refractivity contribution < 1.29 is 9.15 Å². The van der Waals surface area contributed by atoms with E-state index in [-0.39, 0.29) is 6.04 Å². The van der Waals surface area contributed by atoms with E-state index in [0.29, 0.717) is 0 Å². The molecule has 0 radical (unpaired) electrons. The van der Waals surface area contributed by atoms with Crippen molar-refractivity contribution in [3.8, 4) is 44.9 Å². The standard InChI is InChI=1S/C59H38N2O2/c1-2-16-38(17-3-1)52-36-53(39-34-32-37(33-35-39)40-23-14-24-46-44-21-8-12-30-54(44)62-56(40)46)61-58(60-52)47-22-5-4-18-41(47)45-25-15-29-51-57(45)63-55-31-13-11-28-50(55)59(51)48-26-9-6-19-42(48)43-20-7-10-27-49(43)59/h1-36,52H,(H,60,61). The molecule has 3 aliphatic rings. The highest BCUT2D eigenvalue weighted by molar-refractivity contribution is 6.10. The number of amidine groups is 1. The number of rotatable bonds is 5. The average molecular weight is 807 g/mol. The number of hydrogen-bond donors (Lipinski definition) is 1. The molecule has 0 saturated carbocycles. The fourth-order valence-corrected chi connectivity index (χ4v) is 10.5. The predicted octanol–water partition coefficient (Wildman–Crippen LogP) is 14.5. The Morgan fingerprint density at radius 1 is 0.429 bits per heavy atom. The van der Waals surface area contributed by atoms with Gasteiger partial charge in [0.2, 0.25) is 0 Å². The van der Waals surface area contributed by atoms with Crippen LogP contribution in [0.5, 0.6) is 11.5 Å². The van der Waals surface area contributed by atoms with E-state index in [9.17, 15) is 0 Å². The molecule has 0 saturated heterocycles. The third-order valence-corrected chi connectivity index (χ3v) is 13.3. The zero-order valence-corrected chi connectivity index (χ0v) is 34.1. The number of nitrogens with one attached hydrogen (secondary N) is 1. The monoisotopic (exact) mass is 806 g/mol. The van der Waals surface area contributed by atoms with E-state index in [4.69, 9.17) is 14.1 Å². The number of aliphatic imine (C=N–C) groups is 1. The first-order valence-electron chi connectivity index (χ1n) is 21.6. The van der Waals surface area contributed by atoms with Crippen LogP contribution in [-0.4, -0.2) is 5.84 Å². The zero-order valence-electron chi connectivity index (χ0n) is 34.1. The molecule has 1 unspecified atom stereocenters. The summed E-state index contributed by atoms with van der Waals surface area (Å²) in [7, 11) is 0. The number of hydrogen-bond acceptors (Lipinski definition) is 4. The number of benzene rings is 9. The predicted molar refractivity (Wildman–Crippen MR) is 255 cm³/mol. The van der Waals surface area contributed by atoms with Crippen molar-refractivity contribution in [2.45, 2.75) is 11.5 Å². The number of fused-ring (bicyclic) bond motifs is 12. The lowest BCUT2D eigenvalue weighted by atomic mass is 9.65. The van der Waals surface area contributed by atoms with Crippen molar-refractivity contribution in [2.24, 2.45) is 4.99 Å². The van der Waals surface area contributed by atoms with Gasteiger partial charge >= 0.3 is 0 Å². The maximum atomic E-state index is 7.12. The summed E-state index contributed by atoms with van der Waals surface area (Å²) < 4.78 is 13.5. The van der Waals surface area contributed by atoms with Crippen molar-refractivity contribution in [1.82, 2.24) is 5.32 Å². The van der Waals surface area contributed by atoms with E-state index in [1.807, 2.05) is 12.1 Å². The Morgan fingerprint density at radius 3 is 1.79 bits per heavy atom. The fourth-order valence-electron chi connectivity index (χ4n) is 10.5. The third kappa shape index (κ3) is 5.31. The van der Waals surface area contributed by atoms with Gasteiger partial charge in [0.25, 0.3) is 0 Å². The summed E-state index contributed by atoms with van der Waals surface area (Å²) in [5.41, 5.74) is 16.9. The molecular formula is C59H38N2O2. The van der Waals surface area contributed by atoms with Gasteiger partial charge in [-0.2, -0.15) is 0 Å². The highest BCUT2D eigenvalue weighted by Crippen LogP contribution is 2.63. The quantitative estimate of drug-likeness (QED) is 0.188. The Bertz CT molecular complexity index is 3480. The van der Waals surface area contributed by atoms with Gasteiger partial charge in [0.15, 0.2) is 0 Å². The molecule has 1 aromatic heterocycles. The van der Waals surface area contributed by atoms with Crippen molar-refractivity contribution in [1.29, 1.82) is 0 Å². The molecule has 296 valence electrons. The van der Waals surface area contributed by atoms with Crippen LogP contribution in [0.15, 0.2) is 228 Å². The highest BCUT2D eigenvalue weighted by Gasteiger charge is 2.51. The second-order valence-corrected chi connectivity index (χ2v) is 16.6. The Morgan fingerprint density at radius 2 is 1.00 bits per heavy atom. The van der Waals surface area contributed by atoms with Crippen LogP contribution in [-0.2, 0) is 5.41 Å². The average Bonchev–Trinajstić information content (AvgIpc) is 3.88. The van der Waals surface area contributed by atoms with Crippen LogP contribution in [0.25, 0.3) is 61.0 Å². The topological polar surface area (TPSA) is 46.8 Å². The van der Waals surface area contributed by atoms with Crippen molar-refractivity contribution >= 4 is 33.5 Å². The first-order chi connectivity index (χ1) is 31.2. The van der Waals surface area contributed by atoms with Crippen molar-refractivity contribution in [3.63, 3.8) is 0 Å². The van der Waals surface area contributed by atoms with E-state index in [0.717, 1.165) is 95.0 Å². The summed E-state index contributed by atoms with van der Waals surface area (Å²) in [4.78, 5) is 5.45. The van der Waals surface area contributed by atoms with E-state index in [1.165, 1.54) is 22.3 Å². The van der Waals surface area contributed by atoms with Gasteiger partial charge in [-0.15, -0.1) is 0 Å². The molecule has 9 aromatic carbocycles. The van der Waals surface area contributed by atoms with Gasteiger partial charge in [-0.05, 0) is 62.7 Å². The van der Waals surface area contributed by atoms with E-state index < -0.39 is 5.41 Å². The number of furan rings is 1. The summed E-state index contributed by atoms with van der Waals surface area (Å²) in [6.07, 6.45) is 2.24. The first-order valence-corrected chi connectivity index (χ1v) is 21.6. The molecule has 63 heavy (non-hydrogen) atoms. The van der Waals surface area contributed by atoms with E-state index >= 15 is 0 Å². The van der Waals surface area contributed by atoms with Crippen LogP contribution in [0.2, 0.25) is 0 Å². The molecule has 4 heteroatoms. The second kappa shape index (κ2) is 13.9. The minimum atomic E-state index is -0.556. The van der Waals surface area contributed by atoms with Gasteiger partial charge in [-0.3, -0.25) is 0 Å². The molecule has 0 amide bonds. The molecule has 2 aliphatic heterocycles. The van der Waals surface area contributed by atoms with Gasteiger partial charge in [-0.25, -0.2) is 4.99 Å². The van der Waals surface area contributed by atoms with Gasteiger partial charge in [0, 0.05) is 38.6 Å². The maximum Gasteiger partial charge on any atom is 0.143 e. The molecule has 10 aromatic rings. The molecule has 1 aliphatic carbocycles. The SMILES string of the molecule is C1=C(c2ccc(-c3cccc4c3oc3ccccc34)cc2)N=C(c2ccccc2-c2cccc3c2Oc2ccccc2C32c3ccccc3-c3ccccc32)NC1c1ccccc1. The molecule has 3 heterocycles. The largest absolute Gasteiger partial charge is 0.456 e. The van der Waals surface area contributed by atoms with Crippen LogP contribution in [0.1, 0.15) is 45.0 Å². The smallest absolute Gasteiger partial charge is 0.143 e. The Labute approximate surface area is 365 Å². The van der Waals surface area contributed by atoms with Crippen LogP contribution in [0.4, 0.5) is 0 Å². The minimum Gasteiger partial charge on any atom is -0.456 e. The molecule has 0 bridgehead atoms. The van der Waals surface area contributed by atoms with Gasteiger partial charge < -0.3 is 14.5 Å². The molecular weight excluding hydrogens is 769 g/mol. The fraction of sp³-hybridized carbons (Fsp3) is 0.0339. The number of ether oxygens (including phenoxy) is 1. The van der Waals surface area contributed by atoms with E-state index in [1.54, 1.807) is 0 Å². The minimum absolute atomic E-state index is 0.117. The van der Waals surface area contributed by atoms with Gasteiger partial charge in [0.05, 0.1) is 17.2 Å². The van der Waals surface area contributed by atoms with Crippen LogP contribution in [0, 0.1) is 0 Å². The summed E-state index contributed by atoms with van der Waals surface area (Å²) in [6, 6.07) is 75.4. The molecule has 13 rings (SSSR count). The molecule has 1 N–H and O–H groups in total. The van der Waals surface area contributed by atoms with Crippen LogP contribution in [0.3, 0.4) is 0 Å². The van der Waals surface area contributed by atoms with Crippen molar-refractivity contribution in [2.75, 3.05) is 0 Å². The summed E-state index contributed by atoms with van der Waals surface area (Å²) in [6.45, 7) is 0. The third-order valence-electron chi connectivity index (χ3n) is 13.3. The first kappa shape index (κ1) is 35.5. The second-order valence-electron chi connectivity index (χ2n) is 16.6. The number of para-hydroxylation sites is 4. The van der Waals surface area contributed by atoms with Gasteiger partial charge in [0.1, 0.15) is 28.5 Å².